The van der Waals surface area contributed by atoms with Crippen molar-refractivity contribution in [1.29, 1.82) is 0 Å². The van der Waals surface area contributed by atoms with Gasteiger partial charge in [-0.15, -0.1) is 0 Å². The van der Waals surface area contributed by atoms with E-state index in [1.165, 1.54) is 44.1 Å². The van der Waals surface area contributed by atoms with E-state index in [1.54, 1.807) is 12.1 Å². The zero-order valence-corrected chi connectivity index (χ0v) is 39.8. The fourth-order valence-corrected chi connectivity index (χ4v) is 9.19. The van der Waals surface area contributed by atoms with Crippen LogP contribution in [-0.2, 0) is 34.6 Å². The summed E-state index contributed by atoms with van der Waals surface area (Å²) in [5.41, 5.74) is 6.57. The Morgan fingerprint density at radius 1 is 0.507 bits per heavy atom. The first kappa shape index (κ1) is 55.6. The van der Waals surface area contributed by atoms with Gasteiger partial charge in [-0.1, -0.05) is 0 Å². The van der Waals surface area contributed by atoms with Gasteiger partial charge in [0.25, 0.3) is 11.4 Å². The summed E-state index contributed by atoms with van der Waals surface area (Å²) in [6.45, 7) is 17.2. The van der Waals surface area contributed by atoms with E-state index in [9.17, 15) is 37.8 Å². The molecule has 0 unspecified atom stereocenters. The summed E-state index contributed by atoms with van der Waals surface area (Å²) in [5, 5.41) is 24.0. The third kappa shape index (κ3) is 16.9. The number of rotatable bonds is 7. The largest absolute Gasteiger partial charge is 0.399 e. The molecule has 21 heteroatoms. The molecule has 3 N–H and O–H groups in total. The van der Waals surface area contributed by atoms with Gasteiger partial charge in [-0.05, 0) is 81.9 Å². The number of hydrogen-bond donors (Lipinski definition) is 2. The first-order valence-corrected chi connectivity index (χ1v) is 22.7. The Kier molecular flexibility index (Phi) is 23.6. The number of benzene rings is 3. The number of anilines is 3. The van der Waals surface area contributed by atoms with Crippen LogP contribution in [0.4, 0.5) is 46.0 Å². The molecule has 0 atom stereocenters. The molecular weight excluding hydrogens is 973 g/mol. The molecule has 6 aliphatic heterocycles. The van der Waals surface area contributed by atoms with Crippen LogP contribution < -0.4 is 20.9 Å². The molecule has 6 heterocycles. The SMILES string of the molecule is C1CC(N2CCOCC2)CCN1.Nc1ccc(N2CCC(N3CCOCC3)CC2)c(F)c1.O=[N+]([O-])c1ccc(F)c(F)c1.O=[N+]([O-])c1ccc(N2CCC(N3CCOCC3)CC2)c(F)c1.[CH3-].[Pd]. The van der Waals surface area contributed by atoms with Crippen molar-refractivity contribution >= 4 is 28.4 Å². The number of nitrogens with zero attached hydrogens (tertiary/aromatic N) is 7. The van der Waals surface area contributed by atoms with E-state index in [0.29, 0.717) is 41.3 Å². The van der Waals surface area contributed by atoms with Crippen LogP contribution in [0.3, 0.4) is 0 Å². The molecule has 3 aromatic carbocycles. The van der Waals surface area contributed by atoms with Crippen molar-refractivity contribution in [3.63, 3.8) is 0 Å². The summed E-state index contributed by atoms with van der Waals surface area (Å²) < 4.78 is 68.5. The van der Waals surface area contributed by atoms with Gasteiger partial charge >= 0.3 is 0 Å². The van der Waals surface area contributed by atoms with E-state index in [4.69, 9.17) is 19.9 Å². The van der Waals surface area contributed by atoms with E-state index in [1.807, 2.05) is 4.90 Å². The predicted molar refractivity (Wildman–Crippen MR) is 247 cm³/mol. The summed E-state index contributed by atoms with van der Waals surface area (Å²) in [6.07, 6.45) is 6.78. The zero-order valence-electron chi connectivity index (χ0n) is 38.3. The molecule has 0 aromatic heterocycles. The maximum absolute atomic E-state index is 14.1. The monoisotopic (exact) mass is 1040 g/mol. The molecule has 16 nitrogen and oxygen atoms in total. The molecule has 3 aromatic rings. The molecule has 67 heavy (non-hydrogen) atoms. The molecule has 6 fully saturated rings. The summed E-state index contributed by atoms with van der Waals surface area (Å²) in [7, 11) is 0. The van der Waals surface area contributed by atoms with Gasteiger partial charge in [0.2, 0.25) is 0 Å². The molecular formula is C46H66F4N9O7Pd-. The zero-order chi connectivity index (χ0) is 46.1. The summed E-state index contributed by atoms with van der Waals surface area (Å²) in [5.74, 6) is -3.02. The summed E-state index contributed by atoms with van der Waals surface area (Å²) in [6, 6.07) is 13.0. The van der Waals surface area contributed by atoms with Gasteiger partial charge in [-0.2, -0.15) is 0 Å². The number of morpholine rings is 3. The van der Waals surface area contributed by atoms with Crippen molar-refractivity contribution in [2.45, 2.75) is 56.7 Å². The molecule has 376 valence electrons. The van der Waals surface area contributed by atoms with Crippen LogP contribution in [0.1, 0.15) is 38.5 Å². The number of piperidine rings is 3. The normalized spacial score (nSPS) is 20.3. The molecule has 0 radical (unpaired) electrons. The number of non-ortho nitro benzene ring substituents is 2. The van der Waals surface area contributed by atoms with Gasteiger partial charge in [0.1, 0.15) is 5.82 Å². The van der Waals surface area contributed by atoms with Crippen molar-refractivity contribution in [2.24, 2.45) is 0 Å². The second-order valence-corrected chi connectivity index (χ2v) is 16.8. The standard InChI is InChI=1S/C15H20FN3O3.C15H22FN3O.C9H18N2O.C6H3F2NO2.CH3.Pd/c16-14-11-13(19(20)21)1-2-15(14)18-5-3-12(4-6-18)17-7-9-22-10-8-17;16-14-11-12(17)1-2-15(14)19-5-3-13(4-6-19)18-7-9-20-10-8-18;1-3-10-4-2-9(1)11-5-7-12-8-6-11;7-5-2-1-4(9(10)11)3-6(5)8;;/h1-2,11-12H,3-10H2;1-2,11,13H,3-10,17H2;9-10H,1-8H2;1-3H;1H3;/q;;;;-1;. The van der Waals surface area contributed by atoms with Crippen LogP contribution in [0, 0.1) is 50.9 Å². The topological polar surface area (TPSA) is 168 Å². The second kappa shape index (κ2) is 28.5. The van der Waals surface area contributed by atoms with Crippen molar-refractivity contribution < 1.29 is 62.0 Å². The second-order valence-electron chi connectivity index (χ2n) is 16.8. The van der Waals surface area contributed by atoms with Crippen molar-refractivity contribution in [3.05, 3.63) is 106 Å². The van der Waals surface area contributed by atoms with E-state index >= 15 is 0 Å². The third-order valence-electron chi connectivity index (χ3n) is 12.8. The molecule has 0 spiro atoms. The number of nitro groups is 2. The van der Waals surface area contributed by atoms with Crippen LogP contribution in [0.2, 0.25) is 0 Å². The molecule has 0 amide bonds. The van der Waals surface area contributed by atoms with Crippen LogP contribution in [-0.4, -0.2) is 161 Å². The van der Waals surface area contributed by atoms with Gasteiger partial charge in [0.05, 0.1) is 73.0 Å². The predicted octanol–water partition coefficient (Wildman–Crippen LogP) is 6.14. The van der Waals surface area contributed by atoms with Crippen molar-refractivity contribution in [1.82, 2.24) is 20.0 Å². The number of nitrogen functional groups attached to an aromatic ring is 1. The molecule has 0 bridgehead atoms. The average Bonchev–Trinajstić information content (AvgIpc) is 3.34. The minimum absolute atomic E-state index is 0. The maximum Gasteiger partial charge on any atom is 0.272 e. The Morgan fingerprint density at radius 3 is 1.24 bits per heavy atom. The number of hydrogen-bond acceptors (Lipinski definition) is 14. The van der Waals surface area contributed by atoms with Gasteiger partial charge in [-0.3, -0.25) is 34.9 Å². The minimum atomic E-state index is -1.21. The average molecular weight is 1040 g/mol. The van der Waals surface area contributed by atoms with Crippen LogP contribution >= 0.6 is 0 Å². The van der Waals surface area contributed by atoms with Gasteiger partial charge in [0.15, 0.2) is 17.5 Å². The quantitative estimate of drug-likeness (QED) is 0.0692. The van der Waals surface area contributed by atoms with E-state index < -0.39 is 33.0 Å². The summed E-state index contributed by atoms with van der Waals surface area (Å²) in [4.78, 5) is 31.0. The maximum atomic E-state index is 14.1. The molecule has 6 aliphatic rings. The first-order valence-electron chi connectivity index (χ1n) is 22.7. The molecule has 0 saturated carbocycles. The van der Waals surface area contributed by atoms with E-state index in [2.05, 4.69) is 24.9 Å². The fourth-order valence-electron chi connectivity index (χ4n) is 9.19. The minimum Gasteiger partial charge on any atom is -0.399 e. The Labute approximate surface area is 405 Å². The van der Waals surface area contributed by atoms with E-state index in [-0.39, 0.29) is 39.4 Å². The van der Waals surface area contributed by atoms with E-state index in [0.717, 1.165) is 149 Å². The number of nitrogens with two attached hydrogens (primary N) is 1. The molecule has 6 saturated heterocycles. The number of nitro benzene ring substituents is 2. The van der Waals surface area contributed by atoms with Crippen molar-refractivity contribution in [2.75, 3.05) is 134 Å². The smallest absolute Gasteiger partial charge is 0.272 e. The Balaban J connectivity index is 0.000000201. The number of ether oxygens (including phenoxy) is 3. The third-order valence-corrected chi connectivity index (χ3v) is 12.8. The summed E-state index contributed by atoms with van der Waals surface area (Å²) >= 11 is 0. The number of halogens is 4. The van der Waals surface area contributed by atoms with Crippen LogP contribution in [0.15, 0.2) is 54.6 Å². The Bertz CT molecular complexity index is 1940. The van der Waals surface area contributed by atoms with Crippen molar-refractivity contribution in [3.8, 4) is 0 Å². The van der Waals surface area contributed by atoms with Gasteiger partial charge in [-0.25, -0.2) is 17.6 Å². The van der Waals surface area contributed by atoms with Gasteiger partial charge < -0.3 is 42.5 Å². The van der Waals surface area contributed by atoms with Crippen LogP contribution in [0.5, 0.6) is 0 Å². The van der Waals surface area contributed by atoms with Crippen LogP contribution in [0.25, 0.3) is 0 Å². The number of nitrogens with one attached hydrogen (secondary N) is 1. The fraction of sp³-hybridized carbons (Fsp3) is 0.587. The van der Waals surface area contributed by atoms with Gasteiger partial charge in [0, 0.05) is 122 Å². The Hall–Kier alpha value is -4.04. The molecule has 0 aliphatic carbocycles. The Morgan fingerprint density at radius 2 is 0.866 bits per heavy atom. The molecule has 9 rings (SSSR count). The first-order chi connectivity index (χ1) is 31.5.